The number of nitrogens with zero attached hydrogens (tertiary/aromatic N) is 3. The Labute approximate surface area is 233 Å². The quantitative estimate of drug-likeness (QED) is 0.419. The Kier molecular flexibility index (Phi) is 9.32. The number of amidine groups is 1. The van der Waals surface area contributed by atoms with Gasteiger partial charge < -0.3 is 29.3 Å². The number of likely N-dealkylation sites (N-methyl/N-ethyl adjacent to an activating group) is 1. The number of carbonyl (C=O) groups is 2. The average Bonchev–Trinajstić information content (AvgIpc) is 3.34. The number of amides is 1. The SMILES string of the molecule is CCOC(=O)C1=C(c2ccccc2)N=C2SC=C(CC(=O)NCCN(C)C)N2[C@H]1c1cc(OC)ccc1OC. The number of methoxy groups -OCH3 is 2. The predicted octanol–water partition coefficient (Wildman–Crippen LogP) is 4.05. The van der Waals surface area contributed by atoms with E-state index < -0.39 is 12.0 Å². The molecule has 2 heterocycles. The molecule has 9 nitrogen and oxygen atoms in total. The van der Waals surface area contributed by atoms with Gasteiger partial charge in [-0.3, -0.25) is 4.79 Å². The summed E-state index contributed by atoms with van der Waals surface area (Å²) in [4.78, 5) is 35.5. The fourth-order valence-corrected chi connectivity index (χ4v) is 5.40. The normalized spacial score (nSPS) is 16.5. The van der Waals surface area contributed by atoms with Gasteiger partial charge in [0.1, 0.15) is 11.5 Å². The van der Waals surface area contributed by atoms with Crippen LogP contribution >= 0.6 is 11.8 Å². The minimum atomic E-state index is -0.673. The molecule has 2 aromatic rings. The second kappa shape index (κ2) is 12.9. The van der Waals surface area contributed by atoms with Crippen LogP contribution in [-0.4, -0.2) is 74.9 Å². The zero-order chi connectivity index (χ0) is 27.9. The summed E-state index contributed by atoms with van der Waals surface area (Å²) in [6.07, 6.45) is 0.124. The summed E-state index contributed by atoms with van der Waals surface area (Å²) in [6.45, 7) is 3.24. The van der Waals surface area contributed by atoms with Crippen LogP contribution in [0.2, 0.25) is 0 Å². The van der Waals surface area contributed by atoms with Crippen LogP contribution in [0.25, 0.3) is 5.70 Å². The molecule has 0 bridgehead atoms. The second-order valence-electron chi connectivity index (χ2n) is 9.18. The van der Waals surface area contributed by atoms with Gasteiger partial charge >= 0.3 is 5.97 Å². The number of aliphatic imine (C=N–C) groups is 1. The molecule has 2 aliphatic heterocycles. The number of hydrogen-bond donors (Lipinski definition) is 1. The molecule has 206 valence electrons. The van der Waals surface area contributed by atoms with Crippen molar-refractivity contribution in [3.8, 4) is 11.5 Å². The largest absolute Gasteiger partial charge is 0.497 e. The minimum absolute atomic E-state index is 0.114. The Bertz CT molecular complexity index is 1310. The number of benzene rings is 2. The highest BCUT2D eigenvalue weighted by Crippen LogP contribution is 2.49. The Morgan fingerprint density at radius 2 is 1.87 bits per heavy atom. The molecule has 0 aromatic heterocycles. The summed E-state index contributed by atoms with van der Waals surface area (Å²) < 4.78 is 16.9. The fourth-order valence-electron chi connectivity index (χ4n) is 4.48. The molecule has 2 aliphatic rings. The van der Waals surface area contributed by atoms with E-state index >= 15 is 0 Å². The Balaban J connectivity index is 1.86. The van der Waals surface area contributed by atoms with Gasteiger partial charge in [-0.15, -0.1) is 0 Å². The third-order valence-corrected chi connectivity index (χ3v) is 7.20. The van der Waals surface area contributed by atoms with Crippen LogP contribution in [0.15, 0.2) is 70.2 Å². The number of nitrogens with one attached hydrogen (secondary N) is 1. The molecule has 0 saturated carbocycles. The van der Waals surface area contributed by atoms with E-state index in [4.69, 9.17) is 19.2 Å². The summed E-state index contributed by atoms with van der Waals surface area (Å²) in [5.74, 6) is 0.582. The van der Waals surface area contributed by atoms with Gasteiger partial charge in [-0.25, -0.2) is 9.79 Å². The van der Waals surface area contributed by atoms with Gasteiger partial charge in [0.25, 0.3) is 0 Å². The van der Waals surface area contributed by atoms with E-state index in [1.54, 1.807) is 27.2 Å². The van der Waals surface area contributed by atoms with Crippen LogP contribution < -0.4 is 14.8 Å². The summed E-state index contributed by atoms with van der Waals surface area (Å²) in [7, 11) is 7.09. The van der Waals surface area contributed by atoms with E-state index in [0.717, 1.165) is 17.8 Å². The molecule has 0 unspecified atom stereocenters. The number of fused-ring (bicyclic) bond motifs is 1. The van der Waals surface area contributed by atoms with Crippen molar-refractivity contribution in [1.29, 1.82) is 0 Å². The first kappa shape index (κ1) is 28.3. The first-order valence-corrected chi connectivity index (χ1v) is 13.6. The molecule has 0 saturated heterocycles. The smallest absolute Gasteiger partial charge is 0.338 e. The van der Waals surface area contributed by atoms with Gasteiger partial charge in [-0.05, 0) is 44.6 Å². The molecular weight excluding hydrogens is 516 g/mol. The van der Waals surface area contributed by atoms with Crippen molar-refractivity contribution < 1.29 is 23.8 Å². The molecule has 0 aliphatic carbocycles. The van der Waals surface area contributed by atoms with Gasteiger partial charge in [0.15, 0.2) is 5.17 Å². The van der Waals surface area contributed by atoms with Crippen molar-refractivity contribution in [2.24, 2.45) is 4.99 Å². The summed E-state index contributed by atoms with van der Waals surface area (Å²) in [5, 5.41) is 5.55. The fraction of sp³-hybridized carbons (Fsp3) is 0.345. The molecule has 0 spiro atoms. The molecular formula is C29H34N4O5S. The predicted molar refractivity (Wildman–Crippen MR) is 153 cm³/mol. The lowest BCUT2D eigenvalue weighted by Crippen LogP contribution is -2.38. The Hall–Kier alpha value is -3.76. The second-order valence-corrected chi connectivity index (χ2v) is 10.0. The molecule has 2 aromatic carbocycles. The van der Waals surface area contributed by atoms with E-state index in [2.05, 4.69) is 5.32 Å². The monoisotopic (exact) mass is 550 g/mol. The number of esters is 1. The first-order chi connectivity index (χ1) is 18.9. The van der Waals surface area contributed by atoms with Crippen molar-refractivity contribution in [1.82, 2.24) is 15.1 Å². The van der Waals surface area contributed by atoms with Crippen molar-refractivity contribution in [2.75, 3.05) is 48.0 Å². The van der Waals surface area contributed by atoms with E-state index in [0.29, 0.717) is 40.0 Å². The number of thioether (sulfide) groups is 1. The Morgan fingerprint density at radius 3 is 2.54 bits per heavy atom. The molecule has 1 atom stereocenters. The number of rotatable bonds is 11. The van der Waals surface area contributed by atoms with Gasteiger partial charge in [0, 0.05) is 29.9 Å². The van der Waals surface area contributed by atoms with E-state index in [1.165, 1.54) is 11.8 Å². The van der Waals surface area contributed by atoms with Crippen LogP contribution in [0, 0.1) is 0 Å². The minimum Gasteiger partial charge on any atom is -0.497 e. The van der Waals surface area contributed by atoms with Gasteiger partial charge in [0.05, 0.1) is 44.6 Å². The van der Waals surface area contributed by atoms with Crippen molar-refractivity contribution in [2.45, 2.75) is 19.4 Å². The first-order valence-electron chi connectivity index (χ1n) is 12.7. The maximum absolute atomic E-state index is 13.7. The number of ether oxygens (including phenoxy) is 3. The molecule has 1 amide bonds. The van der Waals surface area contributed by atoms with Crippen molar-refractivity contribution >= 4 is 34.5 Å². The highest BCUT2D eigenvalue weighted by molar-refractivity contribution is 8.16. The summed E-state index contributed by atoms with van der Waals surface area (Å²) in [6, 6.07) is 14.4. The Morgan fingerprint density at radius 1 is 1.10 bits per heavy atom. The van der Waals surface area contributed by atoms with Crippen LogP contribution in [-0.2, 0) is 14.3 Å². The summed E-state index contributed by atoms with van der Waals surface area (Å²) >= 11 is 1.42. The van der Waals surface area contributed by atoms with E-state index in [9.17, 15) is 9.59 Å². The van der Waals surface area contributed by atoms with Crippen LogP contribution in [0.3, 0.4) is 0 Å². The standard InChI is InChI=1S/C29H34N4O5S/c1-6-38-28(35)25-26(19-10-8-7-9-11-19)31-29-33(20(18-39-29)16-24(34)30-14-15-32(2)3)27(25)22-17-21(36-4)12-13-23(22)37-5/h7-13,17-18,27H,6,14-16H2,1-5H3,(H,30,34)/t27-/m0/s1. The number of carbonyl (C=O) groups excluding carboxylic acids is 2. The van der Waals surface area contributed by atoms with Gasteiger partial charge in [0.2, 0.25) is 5.91 Å². The lowest BCUT2D eigenvalue weighted by atomic mass is 9.90. The third kappa shape index (κ3) is 6.29. The highest BCUT2D eigenvalue weighted by atomic mass is 32.2. The third-order valence-electron chi connectivity index (χ3n) is 6.31. The lowest BCUT2D eigenvalue weighted by Gasteiger charge is -2.37. The van der Waals surface area contributed by atoms with E-state index in [1.807, 2.05) is 71.8 Å². The van der Waals surface area contributed by atoms with Crippen molar-refractivity contribution in [3.63, 3.8) is 0 Å². The van der Waals surface area contributed by atoms with Gasteiger partial charge in [-0.1, -0.05) is 42.1 Å². The van der Waals surface area contributed by atoms with Gasteiger partial charge in [-0.2, -0.15) is 0 Å². The molecule has 39 heavy (non-hydrogen) atoms. The maximum atomic E-state index is 13.7. The van der Waals surface area contributed by atoms with E-state index in [-0.39, 0.29) is 18.9 Å². The number of hydrogen-bond acceptors (Lipinski definition) is 9. The average molecular weight is 551 g/mol. The zero-order valence-electron chi connectivity index (χ0n) is 22.9. The summed E-state index contributed by atoms with van der Waals surface area (Å²) in [5.41, 5.74) is 3.09. The topological polar surface area (TPSA) is 92.7 Å². The van der Waals surface area contributed by atoms with Crippen LogP contribution in [0.1, 0.15) is 30.5 Å². The molecule has 10 heteroatoms. The van der Waals surface area contributed by atoms with Crippen LogP contribution in [0.5, 0.6) is 11.5 Å². The molecule has 0 fully saturated rings. The maximum Gasteiger partial charge on any atom is 0.338 e. The molecule has 0 radical (unpaired) electrons. The zero-order valence-corrected chi connectivity index (χ0v) is 23.7. The molecule has 4 rings (SSSR count). The van der Waals surface area contributed by atoms with Crippen molar-refractivity contribution in [3.05, 3.63) is 76.3 Å². The lowest BCUT2D eigenvalue weighted by molar-refractivity contribution is -0.139. The molecule has 1 N–H and O–H groups in total. The van der Waals surface area contributed by atoms with Crippen LogP contribution in [0.4, 0.5) is 0 Å². The highest BCUT2D eigenvalue weighted by Gasteiger charge is 2.43.